The van der Waals surface area contributed by atoms with E-state index < -0.39 is 35.4 Å². The summed E-state index contributed by atoms with van der Waals surface area (Å²) in [4.78, 5) is 24.6. The smallest absolute Gasteiger partial charge is 0.305 e. The second-order valence-electron chi connectivity index (χ2n) is 8.26. The van der Waals surface area contributed by atoms with E-state index in [-0.39, 0.29) is 6.42 Å². The van der Waals surface area contributed by atoms with E-state index in [1.807, 2.05) is 6.07 Å². The second-order valence-corrected chi connectivity index (χ2v) is 8.26. The van der Waals surface area contributed by atoms with Crippen LogP contribution in [0.5, 0.6) is 0 Å². The Labute approximate surface area is 160 Å². The number of carboxylic acid groups (broad SMARTS) is 1. The molecule has 1 aliphatic carbocycles. The molecule has 150 valence electrons. The van der Waals surface area contributed by atoms with Crippen molar-refractivity contribution >= 4 is 11.8 Å². The Balaban J connectivity index is 2.19. The molecule has 1 saturated carbocycles. The summed E-state index contributed by atoms with van der Waals surface area (Å²) in [6, 6.07) is 9.04. The molecule has 27 heavy (non-hydrogen) atoms. The molecule has 6 N–H and O–H groups in total. The van der Waals surface area contributed by atoms with Crippen LogP contribution >= 0.6 is 0 Å². The maximum atomic E-state index is 13.2. The summed E-state index contributed by atoms with van der Waals surface area (Å²) < 4.78 is 0. The zero-order valence-corrected chi connectivity index (χ0v) is 16.1. The molecule has 1 aliphatic rings. The summed E-state index contributed by atoms with van der Waals surface area (Å²) in [5.41, 5.74) is 10.1. The molecule has 0 unspecified atom stereocenters. The van der Waals surface area contributed by atoms with Crippen molar-refractivity contribution in [2.45, 2.75) is 75.5 Å². The van der Waals surface area contributed by atoms with Crippen molar-refractivity contribution in [1.82, 2.24) is 0 Å². The first-order chi connectivity index (χ1) is 12.6. The molecule has 6 heteroatoms. The van der Waals surface area contributed by atoms with Gasteiger partial charge in [0.1, 0.15) is 5.54 Å². The van der Waals surface area contributed by atoms with Crippen molar-refractivity contribution in [1.29, 1.82) is 0 Å². The van der Waals surface area contributed by atoms with Gasteiger partial charge in [0.05, 0.1) is 18.1 Å². The minimum Gasteiger partial charge on any atom is -0.481 e. The van der Waals surface area contributed by atoms with Gasteiger partial charge in [-0.3, -0.25) is 9.59 Å². The van der Waals surface area contributed by atoms with Gasteiger partial charge in [-0.25, -0.2) is 0 Å². The number of aliphatic hydroxyl groups excluding tert-OH is 1. The van der Waals surface area contributed by atoms with Crippen LogP contribution in [-0.4, -0.2) is 39.1 Å². The van der Waals surface area contributed by atoms with Crippen molar-refractivity contribution in [2.24, 2.45) is 17.4 Å². The minimum atomic E-state index is -1.68. The van der Waals surface area contributed by atoms with E-state index in [0.717, 1.165) is 31.2 Å². The number of ketones is 1. The molecule has 0 saturated heterocycles. The van der Waals surface area contributed by atoms with Gasteiger partial charge in [0.25, 0.3) is 0 Å². The predicted molar refractivity (Wildman–Crippen MR) is 104 cm³/mol. The van der Waals surface area contributed by atoms with Gasteiger partial charge >= 0.3 is 5.97 Å². The Morgan fingerprint density at radius 3 is 2.30 bits per heavy atom. The summed E-state index contributed by atoms with van der Waals surface area (Å²) in [5, 5.41) is 20.0. The number of carbonyl (C=O) groups excluding carboxylic acids is 1. The molecule has 0 bridgehead atoms. The zero-order chi connectivity index (χ0) is 20.1. The standard InChI is InChI=1S/C21H32N2O4/c1-20(22,17(24)12-15-8-4-2-5-9-15)19(27)21(23,14-18(25)26)13-16-10-6-3-7-11-16/h3,6-7,10-11,15,17,24H,2,4-5,8-9,12-14,22-23H2,1H3,(H,25,26)/t17-,20-,21+/m0/s1. The summed E-state index contributed by atoms with van der Waals surface area (Å²) in [5.74, 6) is -1.44. The van der Waals surface area contributed by atoms with Crippen LogP contribution in [0.25, 0.3) is 0 Å². The van der Waals surface area contributed by atoms with E-state index >= 15 is 0 Å². The fourth-order valence-corrected chi connectivity index (χ4v) is 4.12. The van der Waals surface area contributed by atoms with Crippen molar-refractivity contribution in [3.05, 3.63) is 35.9 Å². The molecular formula is C21H32N2O4. The van der Waals surface area contributed by atoms with Crippen LogP contribution in [0.2, 0.25) is 0 Å². The molecular weight excluding hydrogens is 344 g/mol. The van der Waals surface area contributed by atoms with Crippen LogP contribution < -0.4 is 11.5 Å². The average molecular weight is 376 g/mol. The topological polar surface area (TPSA) is 127 Å². The molecule has 0 aliphatic heterocycles. The van der Waals surface area contributed by atoms with Crippen LogP contribution in [0.15, 0.2) is 30.3 Å². The first-order valence-corrected chi connectivity index (χ1v) is 9.71. The highest BCUT2D eigenvalue weighted by molar-refractivity contribution is 5.99. The Kier molecular flexibility index (Phi) is 7.14. The first kappa shape index (κ1) is 21.5. The number of nitrogens with two attached hydrogens (primary N) is 2. The number of hydrogen-bond acceptors (Lipinski definition) is 5. The van der Waals surface area contributed by atoms with Gasteiger partial charge in [-0.2, -0.15) is 0 Å². The lowest BCUT2D eigenvalue weighted by molar-refractivity contribution is -0.144. The molecule has 0 spiro atoms. The van der Waals surface area contributed by atoms with E-state index in [4.69, 9.17) is 11.5 Å². The van der Waals surface area contributed by atoms with Gasteiger partial charge in [-0.05, 0) is 31.2 Å². The summed E-state index contributed by atoms with van der Waals surface area (Å²) in [6.07, 6.45) is 4.40. The Hall–Kier alpha value is -1.76. The average Bonchev–Trinajstić information content (AvgIpc) is 2.62. The van der Waals surface area contributed by atoms with Crippen LogP contribution in [0.3, 0.4) is 0 Å². The SMILES string of the molecule is C[C@@](N)(C(=O)[C@](N)(CC(=O)O)Cc1ccccc1)[C@@H](O)CC1CCCCC1. The summed E-state index contributed by atoms with van der Waals surface area (Å²) >= 11 is 0. The third-order valence-corrected chi connectivity index (χ3v) is 5.74. The highest BCUT2D eigenvalue weighted by Crippen LogP contribution is 2.31. The van der Waals surface area contributed by atoms with Crippen molar-refractivity contribution < 1.29 is 19.8 Å². The van der Waals surface area contributed by atoms with Crippen LogP contribution in [-0.2, 0) is 16.0 Å². The third-order valence-electron chi connectivity index (χ3n) is 5.74. The number of aliphatic hydroxyl groups is 1. The van der Waals surface area contributed by atoms with Gasteiger partial charge in [0, 0.05) is 0 Å². The van der Waals surface area contributed by atoms with Crippen molar-refractivity contribution in [3.8, 4) is 0 Å². The van der Waals surface area contributed by atoms with Crippen LogP contribution in [0, 0.1) is 5.92 Å². The Bertz CT molecular complexity index is 641. The summed E-state index contributed by atoms with van der Waals surface area (Å²) in [6.45, 7) is 1.47. The van der Waals surface area contributed by atoms with E-state index in [0.29, 0.717) is 12.3 Å². The fourth-order valence-electron chi connectivity index (χ4n) is 4.12. The largest absolute Gasteiger partial charge is 0.481 e. The number of aliphatic carboxylic acids is 1. The molecule has 1 aromatic carbocycles. The van der Waals surface area contributed by atoms with Gasteiger partial charge in [0.15, 0.2) is 5.78 Å². The Morgan fingerprint density at radius 1 is 1.15 bits per heavy atom. The molecule has 2 rings (SSSR count). The van der Waals surface area contributed by atoms with E-state index in [2.05, 4.69) is 0 Å². The van der Waals surface area contributed by atoms with E-state index in [1.165, 1.54) is 13.3 Å². The fraction of sp³-hybridized carbons (Fsp3) is 0.619. The lowest BCUT2D eigenvalue weighted by Gasteiger charge is -2.39. The summed E-state index contributed by atoms with van der Waals surface area (Å²) in [7, 11) is 0. The lowest BCUT2D eigenvalue weighted by atomic mass is 9.72. The molecule has 0 radical (unpaired) electrons. The number of rotatable bonds is 9. The second kappa shape index (κ2) is 8.95. The highest BCUT2D eigenvalue weighted by Gasteiger charge is 2.48. The maximum Gasteiger partial charge on any atom is 0.305 e. The zero-order valence-electron chi connectivity index (χ0n) is 16.1. The highest BCUT2D eigenvalue weighted by atomic mass is 16.4. The first-order valence-electron chi connectivity index (χ1n) is 9.71. The number of hydrogen-bond donors (Lipinski definition) is 4. The van der Waals surface area contributed by atoms with E-state index in [9.17, 15) is 19.8 Å². The predicted octanol–water partition coefficient (Wildman–Crippen LogP) is 2.02. The number of carboxylic acids is 1. The molecule has 1 aromatic rings. The quantitative estimate of drug-likeness (QED) is 0.522. The normalized spacial score (nSPS) is 21.0. The maximum absolute atomic E-state index is 13.2. The molecule has 0 amide bonds. The van der Waals surface area contributed by atoms with Gasteiger partial charge in [-0.1, -0.05) is 62.4 Å². The van der Waals surface area contributed by atoms with Crippen molar-refractivity contribution in [3.63, 3.8) is 0 Å². The number of benzene rings is 1. The molecule has 1 fully saturated rings. The third kappa shape index (κ3) is 5.61. The van der Waals surface area contributed by atoms with Crippen LogP contribution in [0.4, 0.5) is 0 Å². The van der Waals surface area contributed by atoms with Gasteiger partial charge in [0.2, 0.25) is 0 Å². The van der Waals surface area contributed by atoms with Crippen molar-refractivity contribution in [2.75, 3.05) is 0 Å². The molecule has 0 aromatic heterocycles. The Morgan fingerprint density at radius 2 is 1.74 bits per heavy atom. The van der Waals surface area contributed by atoms with Crippen LogP contribution in [0.1, 0.15) is 57.4 Å². The molecule has 3 atom stereocenters. The van der Waals surface area contributed by atoms with Gasteiger partial charge < -0.3 is 21.7 Å². The monoisotopic (exact) mass is 376 g/mol. The number of Topliss-reactive ketones (excluding diaryl/α,β-unsaturated/α-hetero) is 1. The number of carbonyl (C=O) groups is 2. The minimum absolute atomic E-state index is 0.0575. The van der Waals surface area contributed by atoms with Gasteiger partial charge in [-0.15, -0.1) is 0 Å². The van der Waals surface area contributed by atoms with E-state index in [1.54, 1.807) is 24.3 Å². The lowest BCUT2D eigenvalue weighted by Crippen LogP contribution is -2.67. The molecule has 6 nitrogen and oxygen atoms in total. The molecule has 0 heterocycles.